The lowest BCUT2D eigenvalue weighted by Crippen LogP contribution is -2.27. The molecule has 0 aliphatic carbocycles. The highest BCUT2D eigenvalue weighted by Gasteiger charge is 2.37. The maximum atomic E-state index is 13.4. The molecular formula is C23H22ClN3O2S. The van der Waals surface area contributed by atoms with Crippen LogP contribution >= 0.6 is 11.6 Å². The first-order valence-electron chi connectivity index (χ1n) is 9.56. The van der Waals surface area contributed by atoms with Gasteiger partial charge in [-0.15, -0.1) is 0 Å². The van der Waals surface area contributed by atoms with Crippen molar-refractivity contribution in [3.05, 3.63) is 95.0 Å². The van der Waals surface area contributed by atoms with Gasteiger partial charge in [0.05, 0.1) is 16.6 Å². The molecule has 7 heteroatoms. The zero-order chi connectivity index (χ0) is 21.3. The van der Waals surface area contributed by atoms with E-state index in [0.717, 1.165) is 22.5 Å². The Bertz CT molecular complexity index is 1180. The molecule has 0 radical (unpaired) electrons. The maximum absolute atomic E-state index is 13.4. The second-order valence-electron chi connectivity index (χ2n) is 7.35. The average molecular weight is 440 g/mol. The lowest BCUT2D eigenvalue weighted by molar-refractivity contribution is 0.371. The molecule has 0 saturated heterocycles. The summed E-state index contributed by atoms with van der Waals surface area (Å²) in [5, 5.41) is 5.20. The third-order valence-electron chi connectivity index (χ3n) is 5.11. The van der Waals surface area contributed by atoms with Crippen LogP contribution in [0.1, 0.15) is 23.6 Å². The number of hydrogen-bond donors (Lipinski definition) is 0. The fourth-order valence-corrected chi connectivity index (χ4v) is 5.06. The molecule has 4 rings (SSSR count). The Balaban J connectivity index is 1.80. The van der Waals surface area contributed by atoms with E-state index in [9.17, 15) is 8.42 Å². The molecule has 0 bridgehead atoms. The van der Waals surface area contributed by atoms with Crippen LogP contribution < -0.4 is 4.90 Å². The Kier molecular flexibility index (Phi) is 5.54. The lowest BCUT2D eigenvalue weighted by atomic mass is 9.99. The third-order valence-corrected chi connectivity index (χ3v) is 7.06. The molecule has 0 spiro atoms. The van der Waals surface area contributed by atoms with E-state index in [0.29, 0.717) is 11.4 Å². The summed E-state index contributed by atoms with van der Waals surface area (Å²) in [4.78, 5) is 2.23. The summed E-state index contributed by atoms with van der Waals surface area (Å²) in [7, 11) is 0.130. The van der Waals surface area contributed by atoms with Gasteiger partial charge in [-0.05, 0) is 47.5 Å². The van der Waals surface area contributed by atoms with Gasteiger partial charge >= 0.3 is 0 Å². The first-order valence-corrected chi connectivity index (χ1v) is 11.4. The maximum Gasteiger partial charge on any atom is 0.279 e. The number of anilines is 1. The summed E-state index contributed by atoms with van der Waals surface area (Å²) in [6.45, 7) is 0. The van der Waals surface area contributed by atoms with Gasteiger partial charge < -0.3 is 4.90 Å². The van der Waals surface area contributed by atoms with Gasteiger partial charge in [0.1, 0.15) is 0 Å². The fraction of sp³-hybridized carbons (Fsp3) is 0.174. The topological polar surface area (TPSA) is 53.0 Å². The minimum absolute atomic E-state index is 0.219. The van der Waals surface area contributed by atoms with Crippen LogP contribution in [0, 0.1) is 0 Å². The van der Waals surface area contributed by atoms with Gasteiger partial charge in [0.2, 0.25) is 0 Å². The highest BCUT2D eigenvalue weighted by molar-refractivity contribution is 7.89. The summed E-state index contributed by atoms with van der Waals surface area (Å²) in [5.74, 6) is 0. The number of nitrogens with zero attached hydrogens (tertiary/aromatic N) is 3. The number of benzene rings is 3. The van der Waals surface area contributed by atoms with Gasteiger partial charge in [0, 0.05) is 31.2 Å². The van der Waals surface area contributed by atoms with Crippen LogP contribution in [0.15, 0.2) is 88.9 Å². The summed E-state index contributed by atoms with van der Waals surface area (Å²) in [6, 6.07) is 23.2. The molecule has 0 amide bonds. The minimum Gasteiger partial charge on any atom is -0.378 e. The van der Waals surface area contributed by atoms with Crippen LogP contribution in [-0.4, -0.2) is 32.6 Å². The van der Waals surface area contributed by atoms with Crippen molar-refractivity contribution < 1.29 is 8.42 Å². The minimum atomic E-state index is -3.81. The van der Waals surface area contributed by atoms with Crippen molar-refractivity contribution in [3.63, 3.8) is 0 Å². The van der Waals surface area contributed by atoms with Crippen molar-refractivity contribution in [2.45, 2.75) is 17.4 Å². The van der Waals surface area contributed by atoms with Crippen LogP contribution in [0.25, 0.3) is 0 Å². The number of sulfonamides is 1. The fourth-order valence-electron chi connectivity index (χ4n) is 3.48. The predicted octanol–water partition coefficient (Wildman–Crippen LogP) is 4.95. The number of rotatable bonds is 5. The van der Waals surface area contributed by atoms with E-state index in [4.69, 9.17) is 11.6 Å². The van der Waals surface area contributed by atoms with E-state index in [1.54, 1.807) is 42.5 Å². The third kappa shape index (κ3) is 3.93. The molecule has 0 saturated carbocycles. The number of halogens is 1. The Morgan fingerprint density at radius 1 is 0.967 bits per heavy atom. The van der Waals surface area contributed by atoms with Crippen molar-refractivity contribution >= 4 is 33.0 Å². The van der Waals surface area contributed by atoms with Gasteiger partial charge in [0.25, 0.3) is 10.0 Å². The van der Waals surface area contributed by atoms with Crippen LogP contribution in [0.2, 0.25) is 5.02 Å². The van der Waals surface area contributed by atoms with E-state index in [2.05, 4.69) is 5.10 Å². The largest absolute Gasteiger partial charge is 0.378 e. The SMILES string of the molecule is CN(C)c1cccc(C2=NN(S(=O)(=O)c3ccccc3)[C@@H](c3ccc(Cl)cc3)C2)c1. The van der Waals surface area contributed by atoms with Crippen molar-refractivity contribution in [3.8, 4) is 0 Å². The first-order chi connectivity index (χ1) is 14.4. The summed E-state index contributed by atoms with van der Waals surface area (Å²) in [5.41, 5.74) is 3.52. The standard InChI is InChI=1S/C23H22ClN3O2S/c1-26(2)20-8-6-7-18(15-20)22-16-23(17-11-13-19(24)14-12-17)27(25-22)30(28,29)21-9-4-3-5-10-21/h3-15,23H,16H2,1-2H3/t23-/m1/s1. The highest BCUT2D eigenvalue weighted by atomic mass is 35.5. The van der Waals surface area contributed by atoms with Crippen molar-refractivity contribution in [2.75, 3.05) is 19.0 Å². The molecule has 1 aliphatic rings. The predicted molar refractivity (Wildman–Crippen MR) is 122 cm³/mol. The van der Waals surface area contributed by atoms with Gasteiger partial charge in [-0.25, -0.2) is 0 Å². The number of hydrogen-bond acceptors (Lipinski definition) is 4. The zero-order valence-electron chi connectivity index (χ0n) is 16.7. The van der Waals surface area contributed by atoms with E-state index < -0.39 is 16.1 Å². The van der Waals surface area contributed by atoms with Crippen LogP contribution in [0.3, 0.4) is 0 Å². The Labute approximate surface area is 182 Å². The molecule has 1 heterocycles. The van der Waals surface area contributed by atoms with Crippen molar-refractivity contribution in [1.82, 2.24) is 4.41 Å². The molecule has 0 N–H and O–H groups in total. The second kappa shape index (κ2) is 8.13. The normalized spacial score (nSPS) is 16.4. The molecule has 5 nitrogen and oxygen atoms in total. The Morgan fingerprint density at radius 2 is 1.67 bits per heavy atom. The second-order valence-corrected chi connectivity index (χ2v) is 9.59. The van der Waals surface area contributed by atoms with E-state index >= 15 is 0 Å². The Hall–Kier alpha value is -2.83. The molecular weight excluding hydrogens is 418 g/mol. The summed E-state index contributed by atoms with van der Waals surface area (Å²) < 4.78 is 28.1. The van der Waals surface area contributed by atoms with E-state index in [1.807, 2.05) is 55.4 Å². The molecule has 0 fully saturated rings. The molecule has 0 unspecified atom stereocenters. The van der Waals surface area contributed by atoms with Crippen LogP contribution in [0.5, 0.6) is 0 Å². The lowest BCUT2D eigenvalue weighted by Gasteiger charge is -2.23. The smallest absolute Gasteiger partial charge is 0.279 e. The zero-order valence-corrected chi connectivity index (χ0v) is 18.3. The molecule has 3 aromatic rings. The number of hydrazone groups is 1. The van der Waals surface area contributed by atoms with Crippen LogP contribution in [-0.2, 0) is 10.0 Å². The molecule has 1 aliphatic heterocycles. The van der Waals surface area contributed by atoms with Gasteiger partial charge in [-0.2, -0.15) is 17.9 Å². The quantitative estimate of drug-likeness (QED) is 0.565. The highest BCUT2D eigenvalue weighted by Crippen LogP contribution is 2.37. The summed E-state index contributed by atoms with van der Waals surface area (Å²) in [6.07, 6.45) is 0.477. The van der Waals surface area contributed by atoms with Gasteiger partial charge in [-0.1, -0.05) is 54.1 Å². The summed E-state index contributed by atoms with van der Waals surface area (Å²) >= 11 is 6.05. The van der Waals surface area contributed by atoms with Crippen molar-refractivity contribution in [1.29, 1.82) is 0 Å². The van der Waals surface area contributed by atoms with E-state index in [1.165, 1.54) is 4.41 Å². The molecule has 0 aromatic heterocycles. The monoisotopic (exact) mass is 439 g/mol. The molecule has 30 heavy (non-hydrogen) atoms. The van der Waals surface area contributed by atoms with Crippen molar-refractivity contribution in [2.24, 2.45) is 5.10 Å². The molecule has 3 aromatic carbocycles. The average Bonchev–Trinajstić information content (AvgIpc) is 3.21. The van der Waals surface area contributed by atoms with Gasteiger partial charge in [-0.3, -0.25) is 0 Å². The molecule has 154 valence electrons. The van der Waals surface area contributed by atoms with Crippen LogP contribution in [0.4, 0.5) is 5.69 Å². The Morgan fingerprint density at radius 3 is 2.33 bits per heavy atom. The van der Waals surface area contributed by atoms with Gasteiger partial charge in [0.15, 0.2) is 0 Å². The molecule has 1 atom stereocenters. The first kappa shape index (κ1) is 20.4. The van der Waals surface area contributed by atoms with E-state index in [-0.39, 0.29) is 4.90 Å².